The Morgan fingerprint density at radius 3 is 2.61 bits per heavy atom. The molecular formula is C31H28FN3O5S. The third kappa shape index (κ3) is 4.85. The number of pyridine rings is 1. The summed E-state index contributed by atoms with van der Waals surface area (Å²) in [5, 5.41) is 11.1. The molecule has 1 saturated heterocycles. The highest BCUT2D eigenvalue weighted by atomic mass is 32.3. The van der Waals surface area contributed by atoms with Crippen molar-refractivity contribution < 1.29 is 21.8 Å². The van der Waals surface area contributed by atoms with E-state index in [0.29, 0.717) is 69.7 Å². The number of H-pyrrole nitrogens is 1. The van der Waals surface area contributed by atoms with E-state index in [-0.39, 0.29) is 17.4 Å². The van der Waals surface area contributed by atoms with Gasteiger partial charge in [-0.05, 0) is 60.7 Å². The first kappa shape index (κ1) is 27.0. The Kier molecular flexibility index (Phi) is 6.80. The molecule has 1 N–H and O–H groups in total. The van der Waals surface area contributed by atoms with Gasteiger partial charge in [-0.1, -0.05) is 32.0 Å². The lowest BCUT2D eigenvalue weighted by molar-refractivity contribution is 0.0715. The highest BCUT2D eigenvalue weighted by molar-refractivity contribution is 7.86. The molecule has 0 unspecified atom stereocenters. The zero-order chi connectivity index (χ0) is 28.9. The highest BCUT2D eigenvalue weighted by Crippen LogP contribution is 2.39. The molecule has 0 aliphatic carbocycles. The maximum Gasteiger partial charge on any atom is 0.332 e. The number of nitriles is 1. The number of rotatable bonds is 6. The van der Waals surface area contributed by atoms with Crippen molar-refractivity contribution in [3.05, 3.63) is 70.4 Å². The summed E-state index contributed by atoms with van der Waals surface area (Å²) in [4.78, 5) is 17.1. The van der Waals surface area contributed by atoms with Gasteiger partial charge in [-0.2, -0.15) is 13.7 Å². The van der Waals surface area contributed by atoms with Gasteiger partial charge in [0.05, 0.1) is 39.4 Å². The van der Waals surface area contributed by atoms with E-state index < -0.39 is 15.1 Å². The smallest absolute Gasteiger partial charge is 0.332 e. The van der Waals surface area contributed by atoms with Crippen LogP contribution < -0.4 is 10.2 Å². The van der Waals surface area contributed by atoms with Crippen LogP contribution in [0.3, 0.4) is 0 Å². The average Bonchev–Trinajstić information content (AvgIpc) is 3.34. The van der Waals surface area contributed by atoms with Crippen LogP contribution in [0.2, 0.25) is 0 Å². The fourth-order valence-electron chi connectivity index (χ4n) is 5.61. The van der Waals surface area contributed by atoms with Gasteiger partial charge >= 0.3 is 10.2 Å². The molecule has 210 valence electrons. The summed E-state index contributed by atoms with van der Waals surface area (Å²) in [7, 11) is -4.93. The minimum atomic E-state index is -4.93. The van der Waals surface area contributed by atoms with Crippen LogP contribution in [-0.2, 0) is 15.0 Å². The van der Waals surface area contributed by atoms with Crippen molar-refractivity contribution in [2.75, 3.05) is 19.8 Å². The van der Waals surface area contributed by atoms with Gasteiger partial charge < -0.3 is 19.0 Å². The predicted molar refractivity (Wildman–Crippen MR) is 155 cm³/mol. The number of fused-ring (bicyclic) bond motifs is 4. The standard InChI is InChI=1S/C31H28FN3O5S/c1-18(2)17-40-28-15-25-27(14-24(28)20-4-3-5-22(13-20)41(32,37)38)35(21-8-10-39-11-9-21)31-29(30(25)36)23-7-6-19(16-33)12-26(23)34-31/h3-7,12-15,18,21,34H,8-11,17H2,1-2H3. The van der Waals surface area contributed by atoms with Gasteiger partial charge in [0.15, 0.2) is 5.43 Å². The SMILES string of the molecule is CC(C)COc1cc2c(=O)c3c4ccc(C#N)cc4[nH]c3n(C3CCOCC3)c2cc1-c1cccc(S(=O)(=O)F)c1. The number of halogens is 1. The molecule has 3 heterocycles. The van der Waals surface area contributed by atoms with Crippen molar-refractivity contribution in [2.45, 2.75) is 37.6 Å². The van der Waals surface area contributed by atoms with Crippen LogP contribution in [0.15, 0.2) is 64.3 Å². The second kappa shape index (κ2) is 10.3. The molecule has 0 atom stereocenters. The number of aromatic amines is 1. The number of hydrogen-bond donors (Lipinski definition) is 1. The Morgan fingerprint density at radius 1 is 1.12 bits per heavy atom. The molecule has 41 heavy (non-hydrogen) atoms. The van der Waals surface area contributed by atoms with Gasteiger partial charge in [0.25, 0.3) is 0 Å². The lowest BCUT2D eigenvalue weighted by atomic mass is 9.99. The molecule has 1 aliphatic heterocycles. The molecule has 1 fully saturated rings. The van der Waals surface area contributed by atoms with Crippen LogP contribution in [0.25, 0.3) is 44.0 Å². The van der Waals surface area contributed by atoms with E-state index >= 15 is 0 Å². The molecule has 0 amide bonds. The number of nitrogens with one attached hydrogen (secondary N) is 1. The topological polar surface area (TPSA) is 114 Å². The van der Waals surface area contributed by atoms with Gasteiger partial charge in [-0.3, -0.25) is 4.79 Å². The quantitative estimate of drug-likeness (QED) is 0.241. The summed E-state index contributed by atoms with van der Waals surface area (Å²) in [5.41, 5.74) is 3.26. The van der Waals surface area contributed by atoms with Crippen LogP contribution in [0.4, 0.5) is 3.89 Å². The van der Waals surface area contributed by atoms with Gasteiger partial charge in [-0.25, -0.2) is 0 Å². The summed E-state index contributed by atoms with van der Waals surface area (Å²) in [5.74, 6) is 0.585. The maximum atomic E-state index is 14.2. The van der Waals surface area contributed by atoms with E-state index in [2.05, 4.69) is 15.6 Å². The van der Waals surface area contributed by atoms with E-state index in [1.807, 2.05) is 19.9 Å². The number of aromatic nitrogens is 2. The monoisotopic (exact) mass is 573 g/mol. The second-order valence-corrected chi connectivity index (χ2v) is 12.1. The number of hydrogen-bond acceptors (Lipinski definition) is 6. The molecule has 0 saturated carbocycles. The lowest BCUT2D eigenvalue weighted by Crippen LogP contribution is -2.22. The molecule has 0 bridgehead atoms. The normalized spacial score (nSPS) is 14.7. The molecular weight excluding hydrogens is 545 g/mol. The Morgan fingerprint density at radius 2 is 1.90 bits per heavy atom. The van der Waals surface area contributed by atoms with Gasteiger partial charge in [-0.15, -0.1) is 3.89 Å². The average molecular weight is 574 g/mol. The van der Waals surface area contributed by atoms with Crippen LogP contribution >= 0.6 is 0 Å². The van der Waals surface area contributed by atoms with Crippen molar-refractivity contribution in [3.63, 3.8) is 0 Å². The van der Waals surface area contributed by atoms with Gasteiger partial charge in [0, 0.05) is 35.7 Å². The van der Waals surface area contributed by atoms with Crippen LogP contribution in [0, 0.1) is 17.2 Å². The van der Waals surface area contributed by atoms with Crippen LogP contribution in [-0.4, -0.2) is 37.8 Å². The van der Waals surface area contributed by atoms with Gasteiger partial charge in [0.1, 0.15) is 11.4 Å². The van der Waals surface area contributed by atoms with E-state index in [4.69, 9.17) is 9.47 Å². The molecule has 2 aromatic heterocycles. The molecule has 0 spiro atoms. The van der Waals surface area contributed by atoms with Crippen molar-refractivity contribution in [3.8, 4) is 22.9 Å². The summed E-state index contributed by atoms with van der Waals surface area (Å²) in [6.45, 7) is 5.50. The zero-order valence-corrected chi connectivity index (χ0v) is 23.4. The molecule has 6 rings (SSSR count). The Bertz CT molecular complexity index is 2030. The fraction of sp³-hybridized carbons (Fsp3) is 0.290. The lowest BCUT2D eigenvalue weighted by Gasteiger charge is -2.28. The molecule has 1 aliphatic rings. The van der Waals surface area contributed by atoms with E-state index in [9.17, 15) is 22.4 Å². The van der Waals surface area contributed by atoms with E-state index in [1.54, 1.807) is 30.3 Å². The van der Waals surface area contributed by atoms with Crippen molar-refractivity contribution in [1.29, 1.82) is 5.26 Å². The van der Waals surface area contributed by atoms with E-state index in [0.717, 1.165) is 18.2 Å². The molecule has 0 radical (unpaired) electrons. The predicted octanol–water partition coefficient (Wildman–Crippen LogP) is 6.22. The molecule has 3 aromatic carbocycles. The number of benzene rings is 3. The van der Waals surface area contributed by atoms with Crippen LogP contribution in [0.5, 0.6) is 5.75 Å². The number of ether oxygens (including phenoxy) is 2. The Balaban J connectivity index is 1.73. The van der Waals surface area contributed by atoms with Gasteiger partial charge in [0.2, 0.25) is 0 Å². The van der Waals surface area contributed by atoms with Crippen molar-refractivity contribution in [1.82, 2.24) is 9.55 Å². The summed E-state index contributed by atoms with van der Waals surface area (Å²) < 4.78 is 51.4. The second-order valence-electron chi connectivity index (χ2n) is 10.8. The summed E-state index contributed by atoms with van der Waals surface area (Å²) in [6, 6.07) is 16.6. The molecule has 5 aromatic rings. The zero-order valence-electron chi connectivity index (χ0n) is 22.6. The summed E-state index contributed by atoms with van der Waals surface area (Å²) in [6.07, 6.45) is 1.45. The first-order valence-electron chi connectivity index (χ1n) is 13.5. The largest absolute Gasteiger partial charge is 0.493 e. The molecule has 10 heteroatoms. The fourth-order valence-corrected chi connectivity index (χ4v) is 6.12. The minimum absolute atomic E-state index is 0.00526. The Labute approximate surface area is 236 Å². The minimum Gasteiger partial charge on any atom is -0.493 e. The number of nitrogens with zero attached hydrogens (tertiary/aromatic N) is 2. The highest BCUT2D eigenvalue weighted by Gasteiger charge is 2.25. The maximum absolute atomic E-state index is 14.2. The van der Waals surface area contributed by atoms with Crippen molar-refractivity contribution in [2.24, 2.45) is 5.92 Å². The van der Waals surface area contributed by atoms with Crippen LogP contribution in [0.1, 0.15) is 38.3 Å². The first-order valence-corrected chi connectivity index (χ1v) is 14.9. The Hall–Kier alpha value is -4.20. The third-order valence-electron chi connectivity index (χ3n) is 7.53. The van der Waals surface area contributed by atoms with E-state index in [1.165, 1.54) is 18.2 Å². The third-order valence-corrected chi connectivity index (χ3v) is 8.35. The molecule has 8 nitrogen and oxygen atoms in total. The van der Waals surface area contributed by atoms with Crippen molar-refractivity contribution >= 4 is 43.1 Å². The first-order chi connectivity index (χ1) is 19.7. The summed E-state index contributed by atoms with van der Waals surface area (Å²) >= 11 is 0.